The van der Waals surface area contributed by atoms with E-state index in [-0.39, 0.29) is 6.03 Å². The van der Waals surface area contributed by atoms with Gasteiger partial charge < -0.3 is 4.90 Å². The third-order valence-electron chi connectivity index (χ3n) is 3.08. The van der Waals surface area contributed by atoms with E-state index in [1.54, 1.807) is 4.90 Å². The van der Waals surface area contributed by atoms with Crippen molar-refractivity contribution in [1.29, 1.82) is 0 Å². The lowest BCUT2D eigenvalue weighted by molar-refractivity contribution is 0.229. The number of hydrogen-bond acceptors (Lipinski definition) is 1. The van der Waals surface area contributed by atoms with Crippen molar-refractivity contribution in [3.63, 3.8) is 0 Å². The molecule has 2 amide bonds. The highest BCUT2D eigenvalue weighted by Gasteiger charge is 2.27. The zero-order chi connectivity index (χ0) is 11.0. The lowest BCUT2D eigenvalue weighted by Crippen LogP contribution is -2.29. The summed E-state index contributed by atoms with van der Waals surface area (Å²) in [5.41, 5.74) is 3.47. The van der Waals surface area contributed by atoms with Crippen molar-refractivity contribution in [2.45, 2.75) is 13.8 Å². The number of aryl methyl sites for hydroxylation is 1. The first-order valence-electron chi connectivity index (χ1n) is 5.20. The Morgan fingerprint density at radius 2 is 1.93 bits per heavy atom. The van der Waals surface area contributed by atoms with E-state index < -0.39 is 0 Å². The molecule has 0 radical (unpaired) electrons. The summed E-state index contributed by atoms with van der Waals surface area (Å²) in [6, 6.07) is 6.19. The van der Waals surface area contributed by atoms with Crippen LogP contribution in [0, 0.1) is 13.8 Å². The number of amides is 2. The highest BCUT2D eigenvalue weighted by molar-refractivity contribution is 5.94. The van der Waals surface area contributed by atoms with Gasteiger partial charge in [0, 0.05) is 25.8 Å². The minimum atomic E-state index is 0.101. The van der Waals surface area contributed by atoms with Gasteiger partial charge >= 0.3 is 6.03 Å². The molecule has 1 fully saturated rings. The summed E-state index contributed by atoms with van der Waals surface area (Å²) in [6.45, 7) is 5.74. The Hall–Kier alpha value is -1.51. The Morgan fingerprint density at radius 3 is 2.53 bits per heavy atom. The first-order valence-corrected chi connectivity index (χ1v) is 5.20. The highest BCUT2D eigenvalue weighted by atomic mass is 16.2. The van der Waals surface area contributed by atoms with Crippen LogP contribution in [-0.2, 0) is 0 Å². The molecule has 0 unspecified atom stereocenters. The molecular formula is C12H16N2O. The number of carbonyl (C=O) groups is 1. The number of hydrogen-bond donors (Lipinski definition) is 0. The largest absolute Gasteiger partial charge is 0.326 e. The summed E-state index contributed by atoms with van der Waals surface area (Å²) in [5, 5.41) is 0. The van der Waals surface area contributed by atoms with Gasteiger partial charge in [0.1, 0.15) is 0 Å². The van der Waals surface area contributed by atoms with Crippen LogP contribution in [0.25, 0.3) is 0 Å². The van der Waals surface area contributed by atoms with Crippen molar-refractivity contribution in [3.05, 3.63) is 29.3 Å². The number of likely N-dealkylation sites (N-methyl/N-ethyl adjacent to an activating group) is 1. The van der Waals surface area contributed by atoms with E-state index in [0.717, 1.165) is 18.8 Å². The molecule has 0 atom stereocenters. The molecule has 1 aromatic rings. The quantitative estimate of drug-likeness (QED) is 0.687. The van der Waals surface area contributed by atoms with Gasteiger partial charge in [-0.25, -0.2) is 4.79 Å². The smallest absolute Gasteiger partial charge is 0.324 e. The van der Waals surface area contributed by atoms with E-state index in [9.17, 15) is 4.79 Å². The van der Waals surface area contributed by atoms with Crippen LogP contribution >= 0.6 is 0 Å². The first-order chi connectivity index (χ1) is 7.11. The maximum Gasteiger partial charge on any atom is 0.324 e. The normalized spacial score (nSPS) is 16.3. The maximum atomic E-state index is 11.8. The van der Waals surface area contributed by atoms with E-state index in [1.807, 2.05) is 24.1 Å². The number of anilines is 1. The van der Waals surface area contributed by atoms with E-state index >= 15 is 0 Å². The molecular weight excluding hydrogens is 188 g/mol. The van der Waals surface area contributed by atoms with Gasteiger partial charge in [-0.3, -0.25) is 4.90 Å². The molecule has 0 aromatic heterocycles. The van der Waals surface area contributed by atoms with Crippen LogP contribution in [-0.4, -0.2) is 31.1 Å². The average Bonchev–Trinajstić information content (AvgIpc) is 2.53. The predicted molar refractivity (Wildman–Crippen MR) is 61.3 cm³/mol. The van der Waals surface area contributed by atoms with Crippen molar-refractivity contribution >= 4 is 11.7 Å². The second kappa shape index (κ2) is 3.57. The monoisotopic (exact) mass is 204 g/mol. The first kappa shape index (κ1) is 10.0. The van der Waals surface area contributed by atoms with E-state index in [1.165, 1.54) is 11.1 Å². The fourth-order valence-corrected chi connectivity index (χ4v) is 1.90. The molecule has 0 saturated carbocycles. The lowest BCUT2D eigenvalue weighted by atomic mass is 10.1. The molecule has 0 bridgehead atoms. The third-order valence-corrected chi connectivity index (χ3v) is 3.08. The summed E-state index contributed by atoms with van der Waals surface area (Å²) in [7, 11) is 1.84. The van der Waals surface area contributed by atoms with Gasteiger partial charge in [-0.15, -0.1) is 0 Å². The third kappa shape index (κ3) is 1.58. The summed E-state index contributed by atoms with van der Waals surface area (Å²) < 4.78 is 0. The molecule has 1 aromatic carbocycles. The molecule has 0 aliphatic carbocycles. The van der Waals surface area contributed by atoms with Crippen LogP contribution in [0.15, 0.2) is 18.2 Å². The maximum absolute atomic E-state index is 11.8. The van der Waals surface area contributed by atoms with Crippen LogP contribution in [0.1, 0.15) is 11.1 Å². The molecule has 1 saturated heterocycles. The van der Waals surface area contributed by atoms with Crippen LogP contribution < -0.4 is 4.90 Å². The number of benzene rings is 1. The van der Waals surface area contributed by atoms with Crippen molar-refractivity contribution in [2.75, 3.05) is 25.0 Å². The van der Waals surface area contributed by atoms with Gasteiger partial charge in [0.05, 0.1) is 0 Å². The predicted octanol–water partition coefficient (Wildman–Crippen LogP) is 2.18. The SMILES string of the molecule is Cc1cccc(N2CCN(C)C2=O)c1C. The number of urea groups is 1. The van der Waals surface area contributed by atoms with Crippen molar-refractivity contribution in [3.8, 4) is 0 Å². The Balaban J connectivity index is 2.38. The number of nitrogens with zero attached hydrogens (tertiary/aromatic N) is 2. The molecule has 15 heavy (non-hydrogen) atoms. The van der Waals surface area contributed by atoms with Crippen molar-refractivity contribution in [2.24, 2.45) is 0 Å². The molecule has 1 heterocycles. The zero-order valence-corrected chi connectivity index (χ0v) is 9.45. The van der Waals surface area contributed by atoms with Gasteiger partial charge in [-0.2, -0.15) is 0 Å². The van der Waals surface area contributed by atoms with E-state index in [2.05, 4.69) is 19.9 Å². The molecule has 3 heteroatoms. The van der Waals surface area contributed by atoms with Gasteiger partial charge in [-0.05, 0) is 31.0 Å². The topological polar surface area (TPSA) is 23.6 Å². The van der Waals surface area contributed by atoms with Crippen LogP contribution in [0.2, 0.25) is 0 Å². The Bertz CT molecular complexity index is 401. The number of carbonyl (C=O) groups excluding carboxylic acids is 1. The van der Waals surface area contributed by atoms with Crippen LogP contribution in [0.5, 0.6) is 0 Å². The van der Waals surface area contributed by atoms with E-state index in [4.69, 9.17) is 0 Å². The minimum Gasteiger partial charge on any atom is -0.326 e. The fraction of sp³-hybridized carbons (Fsp3) is 0.417. The molecule has 0 spiro atoms. The fourth-order valence-electron chi connectivity index (χ4n) is 1.90. The van der Waals surface area contributed by atoms with Gasteiger partial charge in [0.2, 0.25) is 0 Å². The minimum absolute atomic E-state index is 0.101. The molecule has 2 rings (SSSR count). The Kier molecular flexibility index (Phi) is 2.39. The second-order valence-electron chi connectivity index (χ2n) is 4.07. The zero-order valence-electron chi connectivity index (χ0n) is 9.45. The number of rotatable bonds is 1. The van der Waals surface area contributed by atoms with Gasteiger partial charge in [0.15, 0.2) is 0 Å². The summed E-state index contributed by atoms with van der Waals surface area (Å²) >= 11 is 0. The summed E-state index contributed by atoms with van der Waals surface area (Å²) in [5.74, 6) is 0. The van der Waals surface area contributed by atoms with Gasteiger partial charge in [0.25, 0.3) is 0 Å². The summed E-state index contributed by atoms with van der Waals surface area (Å²) in [6.07, 6.45) is 0. The van der Waals surface area contributed by atoms with Crippen molar-refractivity contribution in [1.82, 2.24) is 4.90 Å². The molecule has 0 N–H and O–H groups in total. The van der Waals surface area contributed by atoms with Crippen molar-refractivity contribution < 1.29 is 4.79 Å². The Labute approximate surface area is 90.3 Å². The Morgan fingerprint density at radius 1 is 1.20 bits per heavy atom. The van der Waals surface area contributed by atoms with E-state index in [0.29, 0.717) is 0 Å². The second-order valence-corrected chi connectivity index (χ2v) is 4.07. The average molecular weight is 204 g/mol. The lowest BCUT2D eigenvalue weighted by Gasteiger charge is -2.19. The van der Waals surface area contributed by atoms with Crippen LogP contribution in [0.3, 0.4) is 0 Å². The molecule has 1 aliphatic heterocycles. The van der Waals surface area contributed by atoms with Crippen LogP contribution in [0.4, 0.5) is 10.5 Å². The standard InChI is InChI=1S/C12H16N2O/c1-9-5-4-6-11(10(9)2)14-8-7-13(3)12(14)15/h4-6H,7-8H2,1-3H3. The molecule has 1 aliphatic rings. The van der Waals surface area contributed by atoms with Gasteiger partial charge in [-0.1, -0.05) is 12.1 Å². The molecule has 3 nitrogen and oxygen atoms in total. The molecule has 80 valence electrons. The highest BCUT2D eigenvalue weighted by Crippen LogP contribution is 2.25. The summed E-state index contributed by atoms with van der Waals surface area (Å²) in [4.78, 5) is 15.4.